The number of nitrogens with zero attached hydrogens (tertiary/aromatic N) is 1. The molecule has 7 heteroatoms. The minimum atomic E-state index is -3.56. The number of sulfonamides is 1. The Bertz CT molecular complexity index is 661. The molecule has 0 bridgehead atoms. The van der Waals surface area contributed by atoms with Gasteiger partial charge in [-0.25, -0.2) is 8.42 Å². The van der Waals surface area contributed by atoms with E-state index < -0.39 is 10.0 Å². The predicted octanol–water partition coefficient (Wildman–Crippen LogP) is 3.18. The summed E-state index contributed by atoms with van der Waals surface area (Å²) in [6.45, 7) is 4.08. The van der Waals surface area contributed by atoms with E-state index in [4.69, 9.17) is 9.47 Å². The molecule has 0 unspecified atom stereocenters. The number of hydrogen-bond donors (Lipinski definition) is 0. The fraction of sp³-hybridized carbons (Fsp3) is 0.625. The van der Waals surface area contributed by atoms with Crippen LogP contribution < -0.4 is 4.74 Å². The van der Waals surface area contributed by atoms with Gasteiger partial charge in [-0.05, 0) is 50.8 Å². The van der Waals surface area contributed by atoms with Gasteiger partial charge in [-0.1, -0.05) is 15.9 Å². The van der Waals surface area contributed by atoms with E-state index in [0.717, 1.165) is 36.8 Å². The molecular weight excluding hydrogens is 382 g/mol. The van der Waals surface area contributed by atoms with Gasteiger partial charge in [-0.15, -0.1) is 0 Å². The van der Waals surface area contributed by atoms with Crippen LogP contribution in [0.3, 0.4) is 0 Å². The number of rotatable bonds is 4. The van der Waals surface area contributed by atoms with Gasteiger partial charge in [0.1, 0.15) is 10.6 Å². The van der Waals surface area contributed by atoms with Gasteiger partial charge in [0.15, 0.2) is 0 Å². The summed E-state index contributed by atoms with van der Waals surface area (Å²) in [6.07, 6.45) is 3.66. The van der Waals surface area contributed by atoms with Gasteiger partial charge in [0.25, 0.3) is 0 Å². The van der Waals surface area contributed by atoms with Crippen LogP contribution in [0.1, 0.15) is 32.6 Å². The van der Waals surface area contributed by atoms with Crippen LogP contribution in [0.5, 0.6) is 5.75 Å². The molecule has 128 valence electrons. The lowest BCUT2D eigenvalue weighted by molar-refractivity contribution is -0.0309. The molecule has 5 nitrogen and oxygen atoms in total. The maximum absolute atomic E-state index is 13.0. The summed E-state index contributed by atoms with van der Waals surface area (Å²) in [6, 6.07) is 5.12. The number of hydrogen-bond acceptors (Lipinski definition) is 4. The van der Waals surface area contributed by atoms with Crippen molar-refractivity contribution in [2.45, 2.75) is 43.1 Å². The Hall–Kier alpha value is -0.630. The summed E-state index contributed by atoms with van der Waals surface area (Å²) in [5.74, 6) is 0.410. The lowest BCUT2D eigenvalue weighted by Crippen LogP contribution is -2.46. The van der Waals surface area contributed by atoms with E-state index in [0.29, 0.717) is 25.4 Å². The zero-order valence-corrected chi connectivity index (χ0v) is 15.7. The van der Waals surface area contributed by atoms with E-state index in [1.807, 2.05) is 6.92 Å². The average molecular weight is 404 g/mol. The predicted molar refractivity (Wildman–Crippen MR) is 91.2 cm³/mol. The summed E-state index contributed by atoms with van der Waals surface area (Å²) < 4.78 is 39.7. The van der Waals surface area contributed by atoms with Crippen LogP contribution in [0.4, 0.5) is 0 Å². The molecule has 0 N–H and O–H groups in total. The van der Waals surface area contributed by atoms with Gasteiger partial charge in [0.2, 0.25) is 10.0 Å². The van der Waals surface area contributed by atoms with Crippen molar-refractivity contribution in [3.05, 3.63) is 22.7 Å². The molecule has 0 aliphatic carbocycles. The molecule has 0 amide bonds. The summed E-state index contributed by atoms with van der Waals surface area (Å²) in [5.41, 5.74) is -0.0912. The van der Waals surface area contributed by atoms with E-state index >= 15 is 0 Å². The standard InChI is InChI=1S/C16H22BrNO4S/c1-2-21-14-5-4-13(17)12-15(14)23(19,20)18-9-7-16(8-10-18)6-3-11-22-16/h4-5,12H,2-3,6-11H2,1H3. The Labute approximate surface area is 146 Å². The third-order valence-corrected chi connectivity index (χ3v) is 7.06. The van der Waals surface area contributed by atoms with Gasteiger partial charge >= 0.3 is 0 Å². The highest BCUT2D eigenvalue weighted by molar-refractivity contribution is 9.10. The molecule has 3 rings (SSSR count). The Morgan fingerprint density at radius 3 is 2.65 bits per heavy atom. The Balaban J connectivity index is 1.83. The first-order chi connectivity index (χ1) is 11.0. The lowest BCUT2D eigenvalue weighted by Gasteiger charge is -2.38. The SMILES string of the molecule is CCOc1ccc(Br)cc1S(=O)(=O)N1CCC2(CCCO2)CC1. The molecule has 2 heterocycles. The Kier molecular flexibility index (Phi) is 5.01. The minimum Gasteiger partial charge on any atom is -0.492 e. The van der Waals surface area contributed by atoms with E-state index in [2.05, 4.69) is 15.9 Å². The van der Waals surface area contributed by atoms with Gasteiger partial charge in [0.05, 0.1) is 12.2 Å². The smallest absolute Gasteiger partial charge is 0.246 e. The van der Waals surface area contributed by atoms with Crippen LogP contribution in [-0.2, 0) is 14.8 Å². The second kappa shape index (κ2) is 6.70. The van der Waals surface area contributed by atoms with Crippen molar-refractivity contribution in [2.75, 3.05) is 26.3 Å². The largest absolute Gasteiger partial charge is 0.492 e. The minimum absolute atomic E-state index is 0.0912. The molecule has 1 spiro atoms. The topological polar surface area (TPSA) is 55.8 Å². The highest BCUT2D eigenvalue weighted by Gasteiger charge is 2.41. The highest BCUT2D eigenvalue weighted by atomic mass is 79.9. The fourth-order valence-corrected chi connectivity index (χ4v) is 5.49. The van der Waals surface area contributed by atoms with Crippen molar-refractivity contribution < 1.29 is 17.9 Å². The van der Waals surface area contributed by atoms with Gasteiger partial charge in [-0.2, -0.15) is 4.31 Å². The second-order valence-corrected chi connectivity index (χ2v) is 8.89. The number of piperidine rings is 1. The van der Waals surface area contributed by atoms with Gasteiger partial charge in [0, 0.05) is 24.2 Å². The highest BCUT2D eigenvalue weighted by Crippen LogP contribution is 2.38. The molecule has 0 saturated carbocycles. The van der Waals surface area contributed by atoms with Crippen LogP contribution in [0.15, 0.2) is 27.6 Å². The zero-order chi connectivity index (χ0) is 16.5. The Morgan fingerprint density at radius 1 is 1.30 bits per heavy atom. The fourth-order valence-electron chi connectivity index (χ4n) is 3.38. The third kappa shape index (κ3) is 3.43. The van der Waals surface area contributed by atoms with Crippen molar-refractivity contribution in [2.24, 2.45) is 0 Å². The zero-order valence-electron chi connectivity index (χ0n) is 13.3. The molecule has 2 fully saturated rings. The number of halogens is 1. The quantitative estimate of drug-likeness (QED) is 0.774. The van der Waals surface area contributed by atoms with Crippen LogP contribution in [0, 0.1) is 0 Å². The van der Waals surface area contributed by atoms with Crippen LogP contribution >= 0.6 is 15.9 Å². The van der Waals surface area contributed by atoms with Crippen molar-refractivity contribution in [3.8, 4) is 5.75 Å². The van der Waals surface area contributed by atoms with E-state index in [9.17, 15) is 8.42 Å². The molecule has 0 atom stereocenters. The van der Waals surface area contributed by atoms with Crippen molar-refractivity contribution >= 4 is 26.0 Å². The summed E-state index contributed by atoms with van der Waals surface area (Å²) in [7, 11) is -3.56. The third-order valence-electron chi connectivity index (χ3n) is 4.64. The summed E-state index contributed by atoms with van der Waals surface area (Å²) >= 11 is 3.35. The summed E-state index contributed by atoms with van der Waals surface area (Å²) in [5, 5.41) is 0. The van der Waals surface area contributed by atoms with Gasteiger partial charge in [-0.3, -0.25) is 0 Å². The maximum atomic E-state index is 13.0. The average Bonchev–Trinajstić information content (AvgIpc) is 2.98. The first-order valence-corrected chi connectivity index (χ1v) is 10.3. The number of benzene rings is 1. The van der Waals surface area contributed by atoms with E-state index in [-0.39, 0.29) is 10.5 Å². The normalized spacial score (nSPS) is 21.7. The lowest BCUT2D eigenvalue weighted by atomic mass is 9.90. The molecule has 2 saturated heterocycles. The molecule has 1 aromatic carbocycles. The second-order valence-electron chi connectivity index (χ2n) is 6.06. The van der Waals surface area contributed by atoms with Crippen molar-refractivity contribution in [1.82, 2.24) is 4.31 Å². The van der Waals surface area contributed by atoms with Crippen LogP contribution in [-0.4, -0.2) is 44.6 Å². The molecule has 23 heavy (non-hydrogen) atoms. The molecule has 1 aromatic rings. The first kappa shape index (κ1) is 17.2. The molecular formula is C16H22BrNO4S. The summed E-state index contributed by atoms with van der Waals surface area (Å²) in [4.78, 5) is 0.233. The first-order valence-electron chi connectivity index (χ1n) is 8.03. The van der Waals surface area contributed by atoms with Crippen LogP contribution in [0.2, 0.25) is 0 Å². The van der Waals surface area contributed by atoms with Crippen molar-refractivity contribution in [3.63, 3.8) is 0 Å². The molecule has 2 aliphatic heterocycles. The molecule has 0 aromatic heterocycles. The van der Waals surface area contributed by atoms with E-state index in [1.165, 1.54) is 0 Å². The Morgan fingerprint density at radius 2 is 2.04 bits per heavy atom. The van der Waals surface area contributed by atoms with Crippen LogP contribution in [0.25, 0.3) is 0 Å². The number of ether oxygens (including phenoxy) is 2. The monoisotopic (exact) mass is 403 g/mol. The van der Waals surface area contributed by atoms with Crippen molar-refractivity contribution in [1.29, 1.82) is 0 Å². The molecule has 2 aliphatic rings. The molecule has 0 radical (unpaired) electrons. The van der Waals surface area contributed by atoms with E-state index in [1.54, 1.807) is 22.5 Å². The maximum Gasteiger partial charge on any atom is 0.246 e. The van der Waals surface area contributed by atoms with Gasteiger partial charge < -0.3 is 9.47 Å².